The summed E-state index contributed by atoms with van der Waals surface area (Å²) in [6.45, 7) is 2.14. The number of aromatic nitrogens is 2. The zero-order valence-electron chi connectivity index (χ0n) is 14.8. The predicted octanol–water partition coefficient (Wildman–Crippen LogP) is 1.95. The fraction of sp³-hybridized carbons (Fsp3) is 0.444. The van der Waals surface area contributed by atoms with Gasteiger partial charge in [-0.1, -0.05) is 12.1 Å². The lowest BCUT2D eigenvalue weighted by Gasteiger charge is -2.34. The molecule has 0 bridgehead atoms. The second-order valence-corrected chi connectivity index (χ2v) is 5.75. The Hall–Kier alpha value is -2.54. The Labute approximate surface area is 147 Å². The van der Waals surface area contributed by atoms with E-state index >= 15 is 0 Å². The maximum Gasteiger partial charge on any atom is 0.321 e. The van der Waals surface area contributed by atoms with Gasteiger partial charge in [-0.05, 0) is 17.7 Å². The van der Waals surface area contributed by atoms with Gasteiger partial charge in [0, 0.05) is 25.6 Å². The van der Waals surface area contributed by atoms with Crippen LogP contribution in [0.2, 0.25) is 0 Å². The first kappa shape index (κ1) is 17.3. The highest BCUT2D eigenvalue weighted by atomic mass is 16.5. The highest BCUT2D eigenvalue weighted by molar-refractivity contribution is 5.43. The molecular formula is C18H23N3O4. The molecule has 1 atom stereocenters. The number of hydrogen-bond acceptors (Lipinski definition) is 7. The Kier molecular flexibility index (Phi) is 5.55. The number of nitrogens with zero attached hydrogens (tertiary/aromatic N) is 3. The maximum atomic E-state index is 5.93. The van der Waals surface area contributed by atoms with Crippen LogP contribution in [-0.4, -0.2) is 57.1 Å². The molecule has 1 aromatic heterocycles. The van der Waals surface area contributed by atoms with Crippen molar-refractivity contribution in [1.82, 2.24) is 9.97 Å². The summed E-state index contributed by atoms with van der Waals surface area (Å²) in [7, 11) is 4.80. The molecule has 0 aliphatic carbocycles. The minimum absolute atomic E-state index is 0.0767. The van der Waals surface area contributed by atoms with E-state index < -0.39 is 0 Å². The number of anilines is 1. The molecule has 1 aromatic carbocycles. The van der Waals surface area contributed by atoms with Crippen LogP contribution in [0.25, 0.3) is 0 Å². The zero-order chi connectivity index (χ0) is 17.6. The van der Waals surface area contributed by atoms with E-state index in [2.05, 4.69) is 20.9 Å². The molecule has 0 spiro atoms. The van der Waals surface area contributed by atoms with Gasteiger partial charge in [-0.15, -0.1) is 0 Å². The van der Waals surface area contributed by atoms with Crippen LogP contribution in [0.1, 0.15) is 5.56 Å². The quantitative estimate of drug-likeness (QED) is 0.793. The van der Waals surface area contributed by atoms with Gasteiger partial charge >= 0.3 is 6.01 Å². The Morgan fingerprint density at radius 3 is 2.76 bits per heavy atom. The van der Waals surface area contributed by atoms with Gasteiger partial charge in [-0.2, -0.15) is 9.97 Å². The van der Waals surface area contributed by atoms with E-state index in [1.54, 1.807) is 21.3 Å². The van der Waals surface area contributed by atoms with Gasteiger partial charge in [0.2, 0.25) is 5.88 Å². The third kappa shape index (κ3) is 4.30. The van der Waals surface area contributed by atoms with Crippen molar-refractivity contribution in [2.75, 3.05) is 45.9 Å². The minimum atomic E-state index is 0.0767. The molecule has 1 aliphatic heterocycles. The summed E-state index contributed by atoms with van der Waals surface area (Å²) in [6, 6.07) is 10.2. The molecule has 25 heavy (non-hydrogen) atoms. The normalized spacial score (nSPS) is 17.2. The van der Waals surface area contributed by atoms with Crippen LogP contribution < -0.4 is 19.1 Å². The number of benzene rings is 1. The van der Waals surface area contributed by atoms with Crippen molar-refractivity contribution in [1.29, 1.82) is 0 Å². The first-order valence-electron chi connectivity index (χ1n) is 8.18. The molecule has 134 valence electrons. The van der Waals surface area contributed by atoms with Gasteiger partial charge in [0.25, 0.3) is 0 Å². The molecule has 2 heterocycles. The Balaban J connectivity index is 1.72. The molecule has 1 saturated heterocycles. The van der Waals surface area contributed by atoms with E-state index in [9.17, 15) is 0 Å². The summed E-state index contributed by atoms with van der Waals surface area (Å²) >= 11 is 0. The van der Waals surface area contributed by atoms with Crippen LogP contribution in [0.15, 0.2) is 30.3 Å². The molecule has 1 unspecified atom stereocenters. The average molecular weight is 345 g/mol. The lowest BCUT2D eigenvalue weighted by atomic mass is 10.1. The van der Waals surface area contributed by atoms with Gasteiger partial charge in [-0.25, -0.2) is 0 Å². The Morgan fingerprint density at radius 2 is 2.00 bits per heavy atom. The first-order valence-corrected chi connectivity index (χ1v) is 8.18. The summed E-state index contributed by atoms with van der Waals surface area (Å²) < 4.78 is 21.6. The van der Waals surface area contributed by atoms with Crippen molar-refractivity contribution < 1.29 is 18.9 Å². The maximum absolute atomic E-state index is 5.93. The van der Waals surface area contributed by atoms with Gasteiger partial charge in [0.15, 0.2) is 0 Å². The van der Waals surface area contributed by atoms with Gasteiger partial charge < -0.3 is 23.8 Å². The summed E-state index contributed by atoms with van der Waals surface area (Å²) in [4.78, 5) is 10.7. The van der Waals surface area contributed by atoms with Crippen molar-refractivity contribution in [2.24, 2.45) is 0 Å². The SMILES string of the molecule is COc1cccc(CC2CN(c3cc(OC)nc(OC)n3)CCO2)c1. The Bertz CT molecular complexity index is 688. The molecule has 3 rings (SSSR count). The van der Waals surface area contributed by atoms with Crippen LogP contribution in [0.3, 0.4) is 0 Å². The van der Waals surface area contributed by atoms with Crippen LogP contribution in [0.5, 0.6) is 17.6 Å². The van der Waals surface area contributed by atoms with Crippen molar-refractivity contribution in [2.45, 2.75) is 12.5 Å². The predicted molar refractivity (Wildman–Crippen MR) is 93.8 cm³/mol. The fourth-order valence-corrected chi connectivity index (χ4v) is 2.86. The number of hydrogen-bond donors (Lipinski definition) is 0. The van der Waals surface area contributed by atoms with Crippen molar-refractivity contribution in [3.05, 3.63) is 35.9 Å². The summed E-state index contributed by atoms with van der Waals surface area (Å²) in [5.74, 6) is 2.12. The van der Waals surface area contributed by atoms with E-state index in [4.69, 9.17) is 18.9 Å². The third-order valence-corrected chi connectivity index (χ3v) is 4.12. The van der Waals surface area contributed by atoms with Crippen LogP contribution >= 0.6 is 0 Å². The summed E-state index contributed by atoms with van der Waals surface area (Å²) in [5.41, 5.74) is 1.18. The van der Waals surface area contributed by atoms with Crippen LogP contribution in [0, 0.1) is 0 Å². The standard InChI is InChI=1S/C18H23N3O4/c1-22-14-6-4-5-13(9-14)10-15-12-21(7-8-25-15)16-11-17(23-2)20-18(19-16)24-3/h4-6,9,11,15H,7-8,10,12H2,1-3H3. The summed E-state index contributed by atoms with van der Waals surface area (Å²) in [5, 5.41) is 0. The van der Waals surface area contributed by atoms with Gasteiger partial charge in [0.05, 0.1) is 34.0 Å². The molecule has 0 radical (unpaired) electrons. The van der Waals surface area contributed by atoms with Crippen molar-refractivity contribution in [3.8, 4) is 17.6 Å². The summed E-state index contributed by atoms with van der Waals surface area (Å²) in [6.07, 6.45) is 0.889. The van der Waals surface area contributed by atoms with Crippen molar-refractivity contribution >= 4 is 5.82 Å². The molecule has 1 fully saturated rings. The minimum Gasteiger partial charge on any atom is -0.497 e. The highest BCUT2D eigenvalue weighted by Crippen LogP contribution is 2.24. The first-order chi connectivity index (χ1) is 12.2. The smallest absolute Gasteiger partial charge is 0.321 e. The largest absolute Gasteiger partial charge is 0.497 e. The van der Waals surface area contributed by atoms with E-state index in [1.807, 2.05) is 24.3 Å². The number of morpholine rings is 1. The molecule has 7 nitrogen and oxygen atoms in total. The van der Waals surface area contributed by atoms with E-state index in [0.717, 1.165) is 31.1 Å². The molecule has 2 aromatic rings. The number of rotatable bonds is 6. The van der Waals surface area contributed by atoms with Crippen molar-refractivity contribution in [3.63, 3.8) is 0 Å². The lowest BCUT2D eigenvalue weighted by molar-refractivity contribution is 0.0407. The second kappa shape index (κ2) is 8.02. The molecule has 7 heteroatoms. The lowest BCUT2D eigenvalue weighted by Crippen LogP contribution is -2.43. The van der Waals surface area contributed by atoms with E-state index in [0.29, 0.717) is 18.5 Å². The van der Waals surface area contributed by atoms with Gasteiger partial charge in [0.1, 0.15) is 11.6 Å². The topological polar surface area (TPSA) is 65.9 Å². The number of ether oxygens (including phenoxy) is 4. The monoisotopic (exact) mass is 345 g/mol. The third-order valence-electron chi connectivity index (χ3n) is 4.12. The molecule has 1 aliphatic rings. The highest BCUT2D eigenvalue weighted by Gasteiger charge is 2.23. The van der Waals surface area contributed by atoms with E-state index in [1.165, 1.54) is 5.56 Å². The molecular weight excluding hydrogens is 322 g/mol. The molecule has 0 amide bonds. The van der Waals surface area contributed by atoms with Gasteiger partial charge in [-0.3, -0.25) is 0 Å². The van der Waals surface area contributed by atoms with E-state index in [-0.39, 0.29) is 6.10 Å². The number of methoxy groups -OCH3 is 3. The zero-order valence-corrected chi connectivity index (χ0v) is 14.8. The van der Waals surface area contributed by atoms with Crippen LogP contribution in [0.4, 0.5) is 5.82 Å². The molecule has 0 N–H and O–H groups in total. The second-order valence-electron chi connectivity index (χ2n) is 5.75. The Morgan fingerprint density at radius 1 is 1.12 bits per heavy atom. The fourth-order valence-electron chi connectivity index (χ4n) is 2.86. The molecule has 0 saturated carbocycles. The average Bonchev–Trinajstić information content (AvgIpc) is 2.68. The van der Waals surface area contributed by atoms with Crippen LogP contribution in [-0.2, 0) is 11.2 Å².